The number of nitrogens with zero attached hydrogens (tertiary/aromatic N) is 2. The van der Waals surface area contributed by atoms with Crippen LogP contribution >= 0.6 is 0 Å². The SMILES string of the molecule is CC(C)(C)Cc1ccc2nc(-c3ccc(F)cc3)n3c2c1CCC3. The van der Waals surface area contributed by atoms with Crippen molar-refractivity contribution in [2.75, 3.05) is 0 Å². The summed E-state index contributed by atoms with van der Waals surface area (Å²) in [5.74, 6) is 0.750. The van der Waals surface area contributed by atoms with Gasteiger partial charge in [-0.15, -0.1) is 0 Å². The fourth-order valence-corrected chi connectivity index (χ4v) is 3.80. The predicted octanol–water partition coefficient (Wildman–Crippen LogP) is 5.38. The second-order valence-corrected chi connectivity index (χ2v) is 8.01. The van der Waals surface area contributed by atoms with E-state index >= 15 is 0 Å². The minimum absolute atomic E-state index is 0.207. The van der Waals surface area contributed by atoms with Crippen molar-refractivity contribution in [3.63, 3.8) is 0 Å². The van der Waals surface area contributed by atoms with Gasteiger partial charge in [0.05, 0.1) is 11.0 Å². The van der Waals surface area contributed by atoms with Crippen molar-refractivity contribution in [1.29, 1.82) is 0 Å². The molecular weight excluding hydrogens is 299 g/mol. The number of rotatable bonds is 2. The third kappa shape index (κ3) is 2.62. The van der Waals surface area contributed by atoms with Crippen LogP contribution in [0.15, 0.2) is 36.4 Å². The molecule has 2 nitrogen and oxygen atoms in total. The molecule has 3 aromatic rings. The van der Waals surface area contributed by atoms with Crippen molar-refractivity contribution in [3.8, 4) is 11.4 Å². The molecule has 0 N–H and O–H groups in total. The van der Waals surface area contributed by atoms with Gasteiger partial charge in [-0.05, 0) is 66.1 Å². The van der Waals surface area contributed by atoms with Gasteiger partial charge in [-0.25, -0.2) is 9.37 Å². The van der Waals surface area contributed by atoms with Gasteiger partial charge in [-0.3, -0.25) is 0 Å². The Hall–Kier alpha value is -2.16. The van der Waals surface area contributed by atoms with Crippen LogP contribution in [-0.4, -0.2) is 9.55 Å². The summed E-state index contributed by atoms with van der Waals surface area (Å²) in [5.41, 5.74) is 6.49. The van der Waals surface area contributed by atoms with Crippen molar-refractivity contribution in [2.24, 2.45) is 5.41 Å². The average molecular weight is 322 g/mol. The maximum atomic E-state index is 13.2. The molecular formula is C21H23FN2. The van der Waals surface area contributed by atoms with E-state index in [1.165, 1.54) is 28.8 Å². The van der Waals surface area contributed by atoms with Gasteiger partial charge in [0.25, 0.3) is 0 Å². The second kappa shape index (κ2) is 5.44. The Bertz CT molecular complexity index is 898. The van der Waals surface area contributed by atoms with Crippen molar-refractivity contribution in [2.45, 2.75) is 46.6 Å². The van der Waals surface area contributed by atoms with Crippen LogP contribution in [-0.2, 0) is 19.4 Å². The van der Waals surface area contributed by atoms with Crippen molar-refractivity contribution in [1.82, 2.24) is 9.55 Å². The Labute approximate surface area is 142 Å². The van der Waals surface area contributed by atoms with Crippen LogP contribution in [0.4, 0.5) is 4.39 Å². The number of benzene rings is 2. The zero-order chi connectivity index (χ0) is 16.9. The first kappa shape index (κ1) is 15.4. The second-order valence-electron chi connectivity index (χ2n) is 8.01. The molecule has 124 valence electrons. The van der Waals surface area contributed by atoms with Crippen LogP contribution in [0.5, 0.6) is 0 Å². The lowest BCUT2D eigenvalue weighted by atomic mass is 9.84. The lowest BCUT2D eigenvalue weighted by Crippen LogP contribution is -2.15. The lowest BCUT2D eigenvalue weighted by molar-refractivity contribution is 0.409. The summed E-state index contributed by atoms with van der Waals surface area (Å²) in [6.07, 6.45) is 3.33. The molecule has 1 aliphatic rings. The third-order valence-corrected chi connectivity index (χ3v) is 4.74. The molecule has 0 amide bonds. The number of aryl methyl sites for hydroxylation is 2. The maximum Gasteiger partial charge on any atom is 0.141 e. The number of halogens is 1. The standard InChI is InChI=1S/C21H23FN2/c1-21(2,3)13-15-8-11-18-19-17(15)5-4-12-24(19)20(23-18)14-6-9-16(22)10-7-14/h6-11H,4-5,12-13H2,1-3H3. The number of imidazole rings is 1. The Kier molecular flexibility index (Phi) is 3.48. The van der Waals surface area contributed by atoms with E-state index < -0.39 is 0 Å². The van der Waals surface area contributed by atoms with Crippen LogP contribution in [0.25, 0.3) is 22.4 Å². The van der Waals surface area contributed by atoms with Gasteiger partial charge in [-0.2, -0.15) is 0 Å². The molecule has 0 fully saturated rings. The summed E-state index contributed by atoms with van der Waals surface area (Å²) in [6.45, 7) is 7.84. The number of hydrogen-bond acceptors (Lipinski definition) is 1. The highest BCUT2D eigenvalue weighted by Gasteiger charge is 2.23. The molecule has 2 heterocycles. The third-order valence-electron chi connectivity index (χ3n) is 4.74. The highest BCUT2D eigenvalue weighted by molar-refractivity contribution is 5.85. The Morgan fingerprint density at radius 2 is 1.83 bits per heavy atom. The van der Waals surface area contributed by atoms with Crippen molar-refractivity contribution < 1.29 is 4.39 Å². The van der Waals surface area contributed by atoms with Gasteiger partial charge >= 0.3 is 0 Å². The summed E-state index contributed by atoms with van der Waals surface area (Å²) in [4.78, 5) is 4.86. The molecule has 0 saturated heterocycles. The van der Waals surface area contributed by atoms with Gasteiger partial charge in [0.15, 0.2) is 0 Å². The summed E-state index contributed by atoms with van der Waals surface area (Å²) in [7, 11) is 0. The van der Waals surface area contributed by atoms with Gasteiger partial charge in [-0.1, -0.05) is 26.8 Å². The molecule has 1 aromatic heterocycles. The minimum Gasteiger partial charge on any atom is -0.324 e. The van der Waals surface area contributed by atoms with Gasteiger partial charge in [0.1, 0.15) is 11.6 Å². The summed E-state index contributed by atoms with van der Waals surface area (Å²) < 4.78 is 15.6. The first-order valence-corrected chi connectivity index (χ1v) is 8.69. The molecule has 0 aliphatic carbocycles. The van der Waals surface area contributed by atoms with Crippen LogP contribution in [0, 0.1) is 11.2 Å². The summed E-state index contributed by atoms with van der Waals surface area (Å²) in [6, 6.07) is 11.1. The van der Waals surface area contributed by atoms with E-state index in [0.29, 0.717) is 0 Å². The van der Waals surface area contributed by atoms with Crippen LogP contribution in [0.2, 0.25) is 0 Å². The van der Waals surface area contributed by atoms with Crippen molar-refractivity contribution in [3.05, 3.63) is 53.3 Å². The van der Waals surface area contributed by atoms with E-state index in [0.717, 1.165) is 42.7 Å². The number of aromatic nitrogens is 2. The predicted molar refractivity (Wildman–Crippen MR) is 96.6 cm³/mol. The van der Waals surface area contributed by atoms with E-state index in [9.17, 15) is 4.39 Å². The molecule has 2 aromatic carbocycles. The molecule has 0 unspecified atom stereocenters. The lowest BCUT2D eigenvalue weighted by Gasteiger charge is -2.24. The Morgan fingerprint density at radius 1 is 1.08 bits per heavy atom. The quantitative estimate of drug-likeness (QED) is 0.619. The average Bonchev–Trinajstić information content (AvgIpc) is 2.90. The van der Waals surface area contributed by atoms with Crippen molar-refractivity contribution >= 4 is 11.0 Å². The zero-order valence-corrected chi connectivity index (χ0v) is 14.6. The highest BCUT2D eigenvalue weighted by Crippen LogP contribution is 2.35. The Morgan fingerprint density at radius 3 is 2.54 bits per heavy atom. The first-order valence-electron chi connectivity index (χ1n) is 8.69. The van der Waals surface area contributed by atoms with Gasteiger partial charge in [0, 0.05) is 12.1 Å². The fourth-order valence-electron chi connectivity index (χ4n) is 3.80. The molecule has 24 heavy (non-hydrogen) atoms. The molecule has 0 radical (unpaired) electrons. The molecule has 3 heteroatoms. The molecule has 0 spiro atoms. The van der Waals surface area contributed by atoms with Crippen LogP contribution < -0.4 is 0 Å². The largest absolute Gasteiger partial charge is 0.324 e. The van der Waals surface area contributed by atoms with Crippen LogP contribution in [0.1, 0.15) is 38.3 Å². The molecule has 1 aliphatic heterocycles. The molecule has 0 bridgehead atoms. The minimum atomic E-state index is -0.207. The topological polar surface area (TPSA) is 17.8 Å². The normalized spacial score (nSPS) is 14.3. The first-order chi connectivity index (χ1) is 11.4. The molecule has 4 rings (SSSR count). The van der Waals surface area contributed by atoms with Crippen LogP contribution in [0.3, 0.4) is 0 Å². The highest BCUT2D eigenvalue weighted by atomic mass is 19.1. The van der Waals surface area contributed by atoms with Gasteiger partial charge < -0.3 is 4.57 Å². The van der Waals surface area contributed by atoms with E-state index in [4.69, 9.17) is 4.98 Å². The van der Waals surface area contributed by atoms with E-state index in [-0.39, 0.29) is 11.2 Å². The maximum absolute atomic E-state index is 13.2. The smallest absolute Gasteiger partial charge is 0.141 e. The molecule has 0 saturated carbocycles. The van der Waals surface area contributed by atoms with E-state index in [1.54, 1.807) is 0 Å². The summed E-state index contributed by atoms with van der Waals surface area (Å²) in [5, 5.41) is 0. The summed E-state index contributed by atoms with van der Waals surface area (Å²) >= 11 is 0. The fraction of sp³-hybridized carbons (Fsp3) is 0.381. The van der Waals surface area contributed by atoms with E-state index in [2.05, 4.69) is 37.5 Å². The monoisotopic (exact) mass is 322 g/mol. The Balaban J connectivity index is 1.91. The van der Waals surface area contributed by atoms with Gasteiger partial charge in [0.2, 0.25) is 0 Å². The zero-order valence-electron chi connectivity index (χ0n) is 14.6. The number of hydrogen-bond donors (Lipinski definition) is 0. The molecule has 0 atom stereocenters. The van der Waals surface area contributed by atoms with E-state index in [1.807, 2.05) is 12.1 Å².